The van der Waals surface area contributed by atoms with Gasteiger partial charge in [-0.05, 0) is 80.0 Å². The average Bonchev–Trinajstić information content (AvgIpc) is 2.92. The summed E-state index contributed by atoms with van der Waals surface area (Å²) in [5.41, 5.74) is 7.05. The molecule has 0 bridgehead atoms. The van der Waals surface area contributed by atoms with E-state index < -0.39 is 16.5 Å². The van der Waals surface area contributed by atoms with Gasteiger partial charge in [-0.25, -0.2) is 4.21 Å². The molecule has 4 nitrogen and oxygen atoms in total. The van der Waals surface area contributed by atoms with Crippen LogP contribution in [0, 0.1) is 34.5 Å². The lowest BCUT2D eigenvalue weighted by molar-refractivity contribution is -0.0546. The van der Waals surface area contributed by atoms with Crippen molar-refractivity contribution in [1.29, 1.82) is 0 Å². The van der Waals surface area contributed by atoms with Crippen LogP contribution in [-0.4, -0.2) is 25.3 Å². The highest BCUT2D eigenvalue weighted by Gasteiger charge is 2.60. The topological polar surface area (TPSA) is 83.5 Å². The molecule has 5 heteroatoms. The first-order chi connectivity index (χ1) is 11.8. The van der Waals surface area contributed by atoms with Crippen molar-refractivity contribution in [2.75, 3.05) is 0 Å². The lowest BCUT2D eigenvalue weighted by Gasteiger charge is -2.58. The summed E-state index contributed by atoms with van der Waals surface area (Å²) in [7, 11) is 0. The molecule has 4 N–H and O–H groups in total. The van der Waals surface area contributed by atoms with Crippen LogP contribution in [0.3, 0.4) is 0 Å². The lowest BCUT2D eigenvalue weighted by Crippen LogP contribution is -2.52. The van der Waals surface area contributed by atoms with Crippen molar-refractivity contribution >= 4 is 11.1 Å². The highest BCUT2D eigenvalue weighted by Crippen LogP contribution is 2.66. The summed E-state index contributed by atoms with van der Waals surface area (Å²) in [6, 6.07) is 0.329. The van der Waals surface area contributed by atoms with E-state index in [0.717, 1.165) is 38.5 Å². The summed E-state index contributed by atoms with van der Waals surface area (Å²) in [4.78, 5) is 0. The second-order valence-corrected chi connectivity index (χ2v) is 10.7. The number of allylic oxidation sites excluding steroid dienone is 1. The van der Waals surface area contributed by atoms with Gasteiger partial charge in [0, 0.05) is 12.0 Å². The van der Waals surface area contributed by atoms with Crippen LogP contribution in [0.5, 0.6) is 0 Å². The molecule has 3 fully saturated rings. The predicted octanol–water partition coefficient (Wildman–Crippen LogP) is 3.43. The van der Waals surface area contributed by atoms with E-state index in [1.54, 1.807) is 5.57 Å². The normalized spacial score (nSPS) is 51.7. The van der Waals surface area contributed by atoms with Gasteiger partial charge in [0.05, 0.1) is 0 Å². The largest absolute Gasteiger partial charge is 0.377 e. The van der Waals surface area contributed by atoms with E-state index >= 15 is 0 Å². The third-order valence-corrected chi connectivity index (χ3v) is 9.51. The van der Waals surface area contributed by atoms with E-state index in [4.69, 9.17) is 5.73 Å². The molecule has 0 heterocycles. The second-order valence-electron chi connectivity index (χ2n) is 9.66. The van der Waals surface area contributed by atoms with Crippen LogP contribution in [0.2, 0.25) is 0 Å². The lowest BCUT2D eigenvalue weighted by atomic mass is 9.47. The first-order valence-electron chi connectivity index (χ1n) is 10.00. The van der Waals surface area contributed by atoms with Gasteiger partial charge in [0.1, 0.15) is 0 Å². The Hall–Kier alpha value is -0.230. The van der Waals surface area contributed by atoms with E-state index in [9.17, 15) is 13.9 Å². The number of nitrogens with two attached hydrogens (primary N) is 1. The molecule has 0 aliphatic heterocycles. The molecule has 3 saturated carbocycles. The molecule has 0 aromatic rings. The molecular weight excluding hydrogens is 334 g/mol. The minimum absolute atomic E-state index is 0.00570. The Labute approximate surface area is 153 Å². The Kier molecular flexibility index (Phi) is 4.46. The number of aliphatic hydroxyl groups excluding tert-OH is 1. The van der Waals surface area contributed by atoms with Crippen LogP contribution >= 0.6 is 0 Å². The molecule has 0 amide bonds. The molecule has 0 aromatic heterocycles. The summed E-state index contributed by atoms with van der Waals surface area (Å²) in [6.45, 7) is 4.74. The maximum atomic E-state index is 11.5. The fourth-order valence-corrected chi connectivity index (χ4v) is 8.07. The van der Waals surface area contributed by atoms with Crippen LogP contribution in [0.25, 0.3) is 0 Å². The minimum atomic E-state index is -2.14. The maximum Gasteiger partial charge on any atom is 0.182 e. The third-order valence-electron chi connectivity index (χ3n) is 8.77. The molecular formula is C20H33NO3S. The van der Waals surface area contributed by atoms with Crippen LogP contribution in [0.15, 0.2) is 11.6 Å². The van der Waals surface area contributed by atoms with Crippen molar-refractivity contribution in [1.82, 2.24) is 0 Å². The van der Waals surface area contributed by atoms with Gasteiger partial charge in [0.25, 0.3) is 0 Å². The van der Waals surface area contributed by atoms with Gasteiger partial charge in [0.2, 0.25) is 0 Å². The van der Waals surface area contributed by atoms with Crippen molar-refractivity contribution in [2.24, 2.45) is 40.2 Å². The SMILES string of the molecule is CC12CCC(N)CC1=CCC1C2CCC2(C)C1CCC2C(O)S(=O)O. The van der Waals surface area contributed by atoms with Crippen molar-refractivity contribution in [2.45, 2.75) is 76.7 Å². The molecule has 4 rings (SSSR count). The fourth-order valence-electron chi connectivity index (χ4n) is 7.34. The minimum Gasteiger partial charge on any atom is -0.377 e. The smallest absolute Gasteiger partial charge is 0.182 e. The molecule has 4 aliphatic rings. The highest BCUT2D eigenvalue weighted by atomic mass is 32.2. The zero-order valence-corrected chi connectivity index (χ0v) is 16.3. The monoisotopic (exact) mass is 367 g/mol. The Morgan fingerprint density at radius 2 is 1.96 bits per heavy atom. The second kappa shape index (κ2) is 6.15. The Balaban J connectivity index is 1.63. The summed E-state index contributed by atoms with van der Waals surface area (Å²) >= 11 is -2.14. The molecule has 25 heavy (non-hydrogen) atoms. The predicted molar refractivity (Wildman–Crippen MR) is 99.9 cm³/mol. The van der Waals surface area contributed by atoms with Crippen molar-refractivity contribution in [3.05, 3.63) is 11.6 Å². The van der Waals surface area contributed by atoms with Crippen LogP contribution in [0.1, 0.15) is 65.2 Å². The molecule has 0 spiro atoms. The summed E-state index contributed by atoms with van der Waals surface area (Å²) in [5, 5.41) is 10.3. The summed E-state index contributed by atoms with van der Waals surface area (Å²) in [6.07, 6.45) is 11.3. The maximum absolute atomic E-state index is 11.5. The zero-order valence-electron chi connectivity index (χ0n) is 15.5. The van der Waals surface area contributed by atoms with Gasteiger partial charge in [-0.15, -0.1) is 0 Å². The average molecular weight is 368 g/mol. The van der Waals surface area contributed by atoms with E-state index in [1.807, 2.05) is 0 Å². The van der Waals surface area contributed by atoms with Crippen LogP contribution in [0.4, 0.5) is 0 Å². The van der Waals surface area contributed by atoms with Gasteiger partial charge in [-0.3, -0.25) is 0 Å². The highest BCUT2D eigenvalue weighted by molar-refractivity contribution is 7.79. The molecule has 142 valence electrons. The molecule has 0 saturated heterocycles. The third kappa shape index (κ3) is 2.60. The number of hydrogen-bond donors (Lipinski definition) is 3. The number of hydrogen-bond acceptors (Lipinski definition) is 3. The Morgan fingerprint density at radius 3 is 2.68 bits per heavy atom. The van der Waals surface area contributed by atoms with Crippen molar-refractivity contribution < 1.29 is 13.9 Å². The number of fused-ring (bicyclic) bond motifs is 5. The summed E-state index contributed by atoms with van der Waals surface area (Å²) in [5.74, 6) is 1.90. The van der Waals surface area contributed by atoms with E-state index in [0.29, 0.717) is 29.2 Å². The first kappa shape index (κ1) is 18.1. The zero-order chi connectivity index (χ0) is 18.0. The molecule has 9 unspecified atom stereocenters. The quantitative estimate of drug-likeness (QED) is 0.516. The standard InChI is InChI=1S/C20H33NO3S/c1-19-9-7-13(21)11-12(19)3-4-14-15-5-6-17(18(22)25(23)24)20(15,2)10-8-16(14)19/h3,13-18,22H,4-11,21H2,1-2H3,(H,23,24). The van der Waals surface area contributed by atoms with Gasteiger partial charge < -0.3 is 15.4 Å². The van der Waals surface area contributed by atoms with E-state index in [-0.39, 0.29) is 11.3 Å². The summed E-state index contributed by atoms with van der Waals surface area (Å²) < 4.78 is 20.9. The van der Waals surface area contributed by atoms with Crippen molar-refractivity contribution in [3.8, 4) is 0 Å². The molecule has 0 radical (unpaired) electrons. The number of aliphatic hydroxyl groups is 1. The van der Waals surface area contributed by atoms with Gasteiger partial charge >= 0.3 is 0 Å². The van der Waals surface area contributed by atoms with E-state index in [1.165, 1.54) is 12.8 Å². The molecule has 4 aliphatic carbocycles. The van der Waals surface area contributed by atoms with Crippen LogP contribution in [-0.2, 0) is 11.1 Å². The van der Waals surface area contributed by atoms with E-state index in [2.05, 4.69) is 19.9 Å². The molecule has 0 aromatic carbocycles. The first-order valence-corrected chi connectivity index (χ1v) is 11.2. The van der Waals surface area contributed by atoms with Crippen LogP contribution < -0.4 is 5.73 Å². The van der Waals surface area contributed by atoms with Gasteiger partial charge in [-0.2, -0.15) is 0 Å². The van der Waals surface area contributed by atoms with Gasteiger partial charge in [0.15, 0.2) is 16.5 Å². The Bertz CT molecular complexity index is 608. The fraction of sp³-hybridized carbons (Fsp3) is 0.900. The van der Waals surface area contributed by atoms with Crippen molar-refractivity contribution in [3.63, 3.8) is 0 Å². The molecule has 9 atom stereocenters. The van der Waals surface area contributed by atoms with Gasteiger partial charge in [-0.1, -0.05) is 25.5 Å². The Morgan fingerprint density at radius 1 is 1.20 bits per heavy atom. The number of rotatable bonds is 2.